The fraction of sp³-hybridized carbons (Fsp3) is 0.341. The zero-order valence-electron chi connectivity index (χ0n) is 58.3. The van der Waals surface area contributed by atoms with Crippen molar-refractivity contribution in [1.82, 2.24) is 0 Å². The van der Waals surface area contributed by atoms with Gasteiger partial charge in [-0.05, 0) is 166 Å². The van der Waals surface area contributed by atoms with Gasteiger partial charge in [0.1, 0.15) is 19.6 Å². The second kappa shape index (κ2) is 31.4. The minimum absolute atomic E-state index is 0. The summed E-state index contributed by atoms with van der Waals surface area (Å²) in [5, 5.41) is 14.1. The maximum absolute atomic E-state index is 5.69. The Labute approximate surface area is 568 Å². The fourth-order valence-corrected chi connectivity index (χ4v) is 14.3. The molecular weight excluding hydrogens is 1200 g/mol. The zero-order valence-corrected chi connectivity index (χ0v) is 59.9. The monoisotopic (exact) mass is 1300 g/mol. The molecule has 0 unspecified atom stereocenters. The maximum Gasteiger partial charge on any atom is 0.210 e. The number of unbranched alkanes of at least 4 members (excludes halogenated alkanes) is 4. The quantitative estimate of drug-likeness (QED) is 0.0512. The molecule has 4 aliphatic heterocycles. The Bertz CT molecular complexity index is 4320. The lowest BCUT2D eigenvalue weighted by Crippen LogP contribution is -3.00. The number of hydrogen-bond acceptors (Lipinski definition) is 4. The first-order valence-corrected chi connectivity index (χ1v) is 34.0. The van der Waals surface area contributed by atoms with Gasteiger partial charge in [0, 0.05) is 97.1 Å². The molecule has 0 spiro atoms. The van der Waals surface area contributed by atoms with E-state index in [0.717, 1.165) is 44.0 Å². The number of aliphatic imine (C=N–C) groups is 1. The molecule has 0 saturated heterocycles. The number of nitrogens with zero attached hydrogens (tertiary/aromatic N) is 4. The standard InChI is InChI=1S/C31H34N2.C20H26N.C18H23N2.C15H15N.CH5N.BrH/c1-4-5-15-24-33-28-22-21-25-16-12-13-19-27(25)30(28)31(2,3)29(33)20-11-6-7-14-23-32-26-17-9-8-10-18-26;1-5-6-9-14-21-15(2)20(3,4)19-17-11-8-7-10-16(17)12-13-18(19)21;1-13-18(2,3)17-15-8-5-4-7-14(15)9-10-16(17)20(13)12-6-11-19;1-10-15(2,3)14-12-7-5-4-6-11(12)8-9-13(14)16-10;1-2;/h6-14,16-23H,4-5,15,24H2,1-3H3;7-8,10-13H,5-6,9,14H2,1-4H3;4-5,7-10H,6,11-12,19H2,1-3H3;4-9H,1-3H3;2H2,1H3;1H/q;2*+1;;;. The summed E-state index contributed by atoms with van der Waals surface area (Å²) in [5.74, 6) is 0. The van der Waals surface area contributed by atoms with Crippen LogP contribution in [0.1, 0.15) is 157 Å². The molecule has 9 aromatic carbocycles. The minimum atomic E-state index is -0.0442. The van der Waals surface area contributed by atoms with Gasteiger partial charge in [0.2, 0.25) is 17.1 Å². The number of hydrogen-bond donors (Lipinski definition) is 3. The normalized spacial score (nSPS) is 15.8. The Morgan fingerprint density at radius 2 is 0.796 bits per heavy atom. The van der Waals surface area contributed by atoms with Crippen LogP contribution in [0.3, 0.4) is 0 Å². The number of para-hydroxylation sites is 1. The number of allylic oxidation sites excluding steroid dienone is 5. The van der Waals surface area contributed by atoms with Crippen molar-refractivity contribution in [2.75, 3.05) is 38.5 Å². The fourth-order valence-electron chi connectivity index (χ4n) is 14.3. The maximum atomic E-state index is 5.69. The summed E-state index contributed by atoms with van der Waals surface area (Å²) in [5.41, 5.74) is 28.1. The summed E-state index contributed by atoms with van der Waals surface area (Å²) in [6, 6.07) is 63.0. The Balaban J connectivity index is 0.000000163. The number of nitrogens with two attached hydrogens (primary N) is 2. The largest absolute Gasteiger partial charge is 1.00 e. The molecule has 0 atom stereocenters. The molecule has 7 nitrogen and oxygen atoms in total. The van der Waals surface area contributed by atoms with Crippen LogP contribution < -0.4 is 33.8 Å². The molecule has 0 bridgehead atoms. The average Bonchev–Trinajstić information content (AvgIpc) is 1.62. The molecular formula is C85H104BrN7+2. The van der Waals surface area contributed by atoms with Crippen molar-refractivity contribution in [2.45, 2.75) is 157 Å². The third kappa shape index (κ3) is 14.7. The van der Waals surface area contributed by atoms with E-state index in [-0.39, 0.29) is 38.6 Å². The molecule has 4 aliphatic rings. The zero-order chi connectivity index (χ0) is 65.8. The number of benzene rings is 9. The van der Waals surface area contributed by atoms with E-state index in [1.807, 2.05) is 30.5 Å². The SMILES string of the molecule is CC1=Nc2ccc3ccccc3c2C1(C)C.CC1=[N+](CCCN)c2ccc3ccccc3c2C1(C)C.CCCCC[N+]1=C(/C=C/C=C/C=C/Nc2ccccc2)C(C)(C)c2c1ccc1ccccc21.CCCCC[N+]1=C(C)C(C)(C)c2c1ccc1ccccc21.CN.[Br-]. The van der Waals surface area contributed by atoms with Crippen LogP contribution in [-0.4, -0.2) is 69.8 Å². The molecule has 93 heavy (non-hydrogen) atoms. The van der Waals surface area contributed by atoms with E-state index in [1.54, 1.807) is 0 Å². The number of fused-ring (bicyclic) bond motifs is 12. The molecule has 0 aromatic heterocycles. The summed E-state index contributed by atoms with van der Waals surface area (Å²) < 4.78 is 7.56. The topological polar surface area (TPSA) is 85.5 Å². The van der Waals surface area contributed by atoms with Gasteiger partial charge in [0.05, 0.1) is 21.9 Å². The minimum Gasteiger partial charge on any atom is -1.00 e. The van der Waals surface area contributed by atoms with Gasteiger partial charge < -0.3 is 33.8 Å². The van der Waals surface area contributed by atoms with Crippen LogP contribution in [0.15, 0.2) is 217 Å². The highest BCUT2D eigenvalue weighted by atomic mass is 79.9. The number of rotatable bonds is 16. The van der Waals surface area contributed by atoms with E-state index in [0.29, 0.717) is 0 Å². The highest BCUT2D eigenvalue weighted by molar-refractivity contribution is 6.09. The number of nitrogens with one attached hydrogen (secondary N) is 1. The van der Waals surface area contributed by atoms with Gasteiger partial charge in [-0.2, -0.15) is 13.7 Å². The molecule has 0 radical (unpaired) electrons. The van der Waals surface area contributed by atoms with E-state index in [9.17, 15) is 0 Å². The third-order valence-corrected chi connectivity index (χ3v) is 20.0. The summed E-state index contributed by atoms with van der Waals surface area (Å²) in [6.07, 6.45) is 21.2. The predicted molar refractivity (Wildman–Crippen MR) is 402 cm³/mol. The second-order valence-electron chi connectivity index (χ2n) is 27.1. The van der Waals surface area contributed by atoms with E-state index in [1.165, 1.54) is 151 Å². The summed E-state index contributed by atoms with van der Waals surface area (Å²) in [6.45, 7) is 33.8. The number of anilines is 1. The lowest BCUT2D eigenvalue weighted by atomic mass is 9.79. The highest BCUT2D eigenvalue weighted by Gasteiger charge is 2.47. The van der Waals surface area contributed by atoms with E-state index in [4.69, 9.17) is 5.73 Å². The average molecular weight is 1300 g/mol. The summed E-state index contributed by atoms with van der Waals surface area (Å²) >= 11 is 0. The van der Waals surface area contributed by atoms with Crippen LogP contribution in [0.5, 0.6) is 0 Å². The molecule has 5 N–H and O–H groups in total. The Morgan fingerprint density at radius 1 is 0.409 bits per heavy atom. The molecule has 13 rings (SSSR count). The van der Waals surface area contributed by atoms with Crippen molar-refractivity contribution in [3.63, 3.8) is 0 Å². The van der Waals surface area contributed by atoms with Crippen molar-refractivity contribution >= 4 is 94.4 Å². The van der Waals surface area contributed by atoms with Gasteiger partial charge in [-0.25, -0.2) is 0 Å². The first-order valence-electron chi connectivity index (χ1n) is 34.0. The smallest absolute Gasteiger partial charge is 0.210 e. The highest BCUT2D eigenvalue weighted by Crippen LogP contribution is 2.48. The lowest BCUT2D eigenvalue weighted by molar-refractivity contribution is -0.439. The van der Waals surface area contributed by atoms with Crippen molar-refractivity contribution in [3.05, 3.63) is 235 Å². The predicted octanol–water partition coefficient (Wildman–Crippen LogP) is 18.0. The molecule has 4 heterocycles. The van der Waals surface area contributed by atoms with Crippen molar-refractivity contribution < 1.29 is 30.7 Å². The first kappa shape index (κ1) is 71.0. The van der Waals surface area contributed by atoms with Gasteiger partial charge in [0.25, 0.3) is 0 Å². The van der Waals surface area contributed by atoms with Crippen molar-refractivity contribution in [1.29, 1.82) is 0 Å². The van der Waals surface area contributed by atoms with Crippen LogP contribution in [0.25, 0.3) is 43.1 Å². The van der Waals surface area contributed by atoms with E-state index < -0.39 is 0 Å². The van der Waals surface area contributed by atoms with Crippen molar-refractivity contribution in [2.24, 2.45) is 16.5 Å². The molecule has 484 valence electrons. The second-order valence-corrected chi connectivity index (χ2v) is 27.1. The lowest BCUT2D eigenvalue weighted by Gasteiger charge is -2.21. The third-order valence-electron chi connectivity index (χ3n) is 20.0. The van der Waals surface area contributed by atoms with Crippen LogP contribution >= 0.6 is 0 Å². The molecule has 8 heteroatoms. The van der Waals surface area contributed by atoms with Crippen LogP contribution in [0, 0.1) is 0 Å². The Morgan fingerprint density at radius 3 is 1.26 bits per heavy atom. The Hall–Kier alpha value is -7.88. The van der Waals surface area contributed by atoms with E-state index in [2.05, 4.69) is 302 Å². The molecule has 0 saturated carbocycles. The van der Waals surface area contributed by atoms with Gasteiger partial charge >= 0.3 is 0 Å². The Kier molecular flexibility index (Phi) is 23.9. The molecule has 0 amide bonds. The first-order chi connectivity index (χ1) is 44.4. The van der Waals surface area contributed by atoms with Gasteiger partial charge in [-0.15, -0.1) is 0 Å². The number of halogens is 1. The van der Waals surface area contributed by atoms with Crippen LogP contribution in [0.2, 0.25) is 0 Å². The molecule has 0 fully saturated rings. The van der Waals surface area contributed by atoms with Crippen LogP contribution in [0.4, 0.5) is 28.4 Å². The van der Waals surface area contributed by atoms with Crippen LogP contribution in [-0.2, 0) is 21.7 Å². The van der Waals surface area contributed by atoms with Crippen molar-refractivity contribution in [3.8, 4) is 0 Å². The summed E-state index contributed by atoms with van der Waals surface area (Å²) in [4.78, 5) is 4.67. The van der Waals surface area contributed by atoms with Gasteiger partial charge in [0.15, 0.2) is 17.1 Å². The summed E-state index contributed by atoms with van der Waals surface area (Å²) in [7, 11) is 1.50. The molecule has 0 aliphatic carbocycles. The molecule has 9 aromatic rings. The van der Waals surface area contributed by atoms with Gasteiger partial charge in [-0.1, -0.05) is 180 Å². The van der Waals surface area contributed by atoms with E-state index >= 15 is 0 Å². The van der Waals surface area contributed by atoms with Gasteiger partial charge in [-0.3, -0.25) is 4.99 Å².